The zero-order chi connectivity index (χ0) is 12.6. The van der Waals surface area contributed by atoms with Gasteiger partial charge in [-0.05, 0) is 18.8 Å². The van der Waals surface area contributed by atoms with Gasteiger partial charge in [-0.3, -0.25) is 14.5 Å². The number of aliphatic carboxylic acids is 1. The van der Waals surface area contributed by atoms with Crippen molar-refractivity contribution in [3.05, 3.63) is 0 Å². The van der Waals surface area contributed by atoms with Gasteiger partial charge in [-0.15, -0.1) is 0 Å². The summed E-state index contributed by atoms with van der Waals surface area (Å²) < 4.78 is 0. The molecule has 2 atom stereocenters. The van der Waals surface area contributed by atoms with Crippen LogP contribution in [-0.4, -0.2) is 40.0 Å². The third-order valence-corrected chi connectivity index (χ3v) is 3.79. The number of carboxylic acid groups (broad SMARTS) is 1. The Bertz CT molecular complexity index is 382. The van der Waals surface area contributed by atoms with Gasteiger partial charge in [-0.1, -0.05) is 19.8 Å². The predicted octanol–water partition coefficient (Wildman–Crippen LogP) is 0.572. The van der Waals surface area contributed by atoms with Crippen molar-refractivity contribution >= 4 is 17.9 Å². The molecule has 3 amide bonds. The maximum atomic E-state index is 12.2. The first-order valence-electron chi connectivity index (χ1n) is 5.83. The molecule has 0 aromatic heterocycles. The minimum absolute atomic E-state index is 0.0616. The number of carbonyl (C=O) groups is 3. The van der Waals surface area contributed by atoms with Gasteiger partial charge in [0.2, 0.25) is 0 Å². The van der Waals surface area contributed by atoms with Crippen LogP contribution in [0.1, 0.15) is 32.6 Å². The second kappa shape index (κ2) is 4.01. The van der Waals surface area contributed by atoms with E-state index in [1.54, 1.807) is 0 Å². The zero-order valence-corrected chi connectivity index (χ0v) is 9.73. The number of rotatable bonds is 2. The molecule has 2 rings (SSSR count). The summed E-state index contributed by atoms with van der Waals surface area (Å²) in [5, 5.41) is 11.4. The van der Waals surface area contributed by atoms with Gasteiger partial charge in [-0.25, -0.2) is 4.79 Å². The van der Waals surface area contributed by atoms with E-state index in [4.69, 9.17) is 5.11 Å². The highest BCUT2D eigenvalue weighted by atomic mass is 16.4. The number of urea groups is 1. The summed E-state index contributed by atoms with van der Waals surface area (Å²) in [5.41, 5.74) is -0.856. The third kappa shape index (κ3) is 1.77. The minimum atomic E-state index is -1.17. The number of amides is 3. The van der Waals surface area contributed by atoms with E-state index in [0.29, 0.717) is 6.42 Å². The Morgan fingerprint density at radius 2 is 2.24 bits per heavy atom. The van der Waals surface area contributed by atoms with Crippen molar-refractivity contribution < 1.29 is 19.5 Å². The van der Waals surface area contributed by atoms with Gasteiger partial charge in [-0.2, -0.15) is 0 Å². The highest BCUT2D eigenvalue weighted by Crippen LogP contribution is 2.37. The fraction of sp³-hybridized carbons (Fsp3) is 0.727. The zero-order valence-electron chi connectivity index (χ0n) is 9.73. The van der Waals surface area contributed by atoms with E-state index in [-0.39, 0.29) is 11.8 Å². The average Bonchev–Trinajstić information content (AvgIpc) is 2.48. The number of nitrogens with zero attached hydrogens (tertiary/aromatic N) is 1. The molecule has 6 heteroatoms. The van der Waals surface area contributed by atoms with E-state index in [2.05, 4.69) is 5.32 Å². The van der Waals surface area contributed by atoms with Crippen molar-refractivity contribution in [3.63, 3.8) is 0 Å². The highest BCUT2D eigenvalue weighted by Gasteiger charge is 2.55. The topological polar surface area (TPSA) is 86.7 Å². The van der Waals surface area contributed by atoms with Crippen molar-refractivity contribution in [2.24, 2.45) is 5.92 Å². The number of carbonyl (C=O) groups excluding carboxylic acids is 2. The van der Waals surface area contributed by atoms with E-state index in [1.165, 1.54) is 0 Å². The molecule has 0 radical (unpaired) electrons. The first kappa shape index (κ1) is 11.9. The van der Waals surface area contributed by atoms with Crippen LogP contribution >= 0.6 is 0 Å². The summed E-state index contributed by atoms with van der Waals surface area (Å²) >= 11 is 0. The second-order valence-electron chi connectivity index (χ2n) is 4.83. The monoisotopic (exact) mass is 240 g/mol. The second-order valence-corrected chi connectivity index (χ2v) is 4.83. The van der Waals surface area contributed by atoms with Crippen LogP contribution in [-0.2, 0) is 9.59 Å². The molecule has 2 N–H and O–H groups in total. The number of hydrogen-bond acceptors (Lipinski definition) is 3. The van der Waals surface area contributed by atoms with E-state index in [1.807, 2.05) is 6.92 Å². The maximum absolute atomic E-state index is 12.2. The van der Waals surface area contributed by atoms with Crippen molar-refractivity contribution in [1.82, 2.24) is 10.2 Å². The first-order valence-corrected chi connectivity index (χ1v) is 5.83. The molecule has 2 aliphatic rings. The van der Waals surface area contributed by atoms with Gasteiger partial charge in [0.05, 0.1) is 0 Å². The van der Waals surface area contributed by atoms with E-state index in [9.17, 15) is 14.4 Å². The van der Waals surface area contributed by atoms with Crippen molar-refractivity contribution in [2.75, 3.05) is 6.54 Å². The molecule has 1 spiro atoms. The molecule has 0 aromatic rings. The first-order chi connectivity index (χ1) is 7.97. The summed E-state index contributed by atoms with van der Waals surface area (Å²) in [5.74, 6) is -1.49. The molecule has 6 nitrogen and oxygen atoms in total. The smallest absolute Gasteiger partial charge is 0.325 e. The molecule has 0 aromatic carbocycles. The van der Waals surface area contributed by atoms with Gasteiger partial charge >= 0.3 is 12.0 Å². The van der Waals surface area contributed by atoms with Crippen molar-refractivity contribution in [3.8, 4) is 0 Å². The van der Waals surface area contributed by atoms with Gasteiger partial charge in [0.1, 0.15) is 12.1 Å². The quantitative estimate of drug-likeness (QED) is 0.691. The molecule has 0 unspecified atom stereocenters. The lowest BCUT2D eigenvalue weighted by Crippen LogP contribution is -2.54. The van der Waals surface area contributed by atoms with Crippen LogP contribution in [0.15, 0.2) is 0 Å². The van der Waals surface area contributed by atoms with Gasteiger partial charge < -0.3 is 10.4 Å². The molecule has 1 aliphatic heterocycles. The van der Waals surface area contributed by atoms with Crippen LogP contribution in [0, 0.1) is 5.92 Å². The normalized spacial score (nSPS) is 33.0. The Kier molecular flexibility index (Phi) is 2.81. The Morgan fingerprint density at radius 3 is 2.82 bits per heavy atom. The fourth-order valence-corrected chi connectivity index (χ4v) is 2.77. The molecule has 1 heterocycles. The van der Waals surface area contributed by atoms with E-state index in [0.717, 1.165) is 24.2 Å². The number of hydrogen-bond donors (Lipinski definition) is 2. The lowest BCUT2D eigenvalue weighted by atomic mass is 9.73. The van der Waals surface area contributed by atoms with Crippen LogP contribution in [0.3, 0.4) is 0 Å². The molecular formula is C11H16N2O4. The van der Waals surface area contributed by atoms with Crippen LogP contribution < -0.4 is 5.32 Å². The lowest BCUT2D eigenvalue weighted by molar-refractivity contribution is -0.143. The Labute approximate surface area is 99.0 Å². The van der Waals surface area contributed by atoms with Crippen molar-refractivity contribution in [1.29, 1.82) is 0 Å². The Balaban J connectivity index is 2.24. The summed E-state index contributed by atoms with van der Waals surface area (Å²) in [6, 6.07) is -0.578. The van der Waals surface area contributed by atoms with E-state index < -0.39 is 24.1 Å². The lowest BCUT2D eigenvalue weighted by Gasteiger charge is -2.36. The van der Waals surface area contributed by atoms with E-state index >= 15 is 0 Å². The van der Waals surface area contributed by atoms with Crippen LogP contribution in [0.4, 0.5) is 4.79 Å². The summed E-state index contributed by atoms with van der Waals surface area (Å²) in [6.45, 7) is 1.38. The van der Waals surface area contributed by atoms with Gasteiger partial charge in [0, 0.05) is 0 Å². The molecule has 94 valence electrons. The van der Waals surface area contributed by atoms with Gasteiger partial charge in [0.25, 0.3) is 5.91 Å². The van der Waals surface area contributed by atoms with Crippen LogP contribution in [0.2, 0.25) is 0 Å². The maximum Gasteiger partial charge on any atom is 0.325 e. The number of carboxylic acids is 1. The van der Waals surface area contributed by atoms with Gasteiger partial charge in [0.15, 0.2) is 0 Å². The molecule has 1 saturated carbocycles. The standard InChI is InChI=1S/C11H16N2O4/c1-7-4-2-3-5-11(7)9(16)13(6-8(14)15)10(17)12-11/h7H,2-6H2,1H3,(H,12,17)(H,14,15)/t7-,11-/m0/s1. The SMILES string of the molecule is C[C@H]1CCCC[C@]12NC(=O)N(CC(=O)O)C2=O. The van der Waals surface area contributed by atoms with Crippen LogP contribution in [0.25, 0.3) is 0 Å². The molecule has 1 saturated heterocycles. The largest absolute Gasteiger partial charge is 0.480 e. The molecule has 1 aliphatic carbocycles. The minimum Gasteiger partial charge on any atom is -0.480 e. The fourth-order valence-electron chi connectivity index (χ4n) is 2.77. The highest BCUT2D eigenvalue weighted by molar-refractivity contribution is 6.08. The Morgan fingerprint density at radius 1 is 1.53 bits per heavy atom. The molecular weight excluding hydrogens is 224 g/mol. The number of nitrogens with one attached hydrogen (secondary N) is 1. The summed E-state index contributed by atoms with van der Waals surface area (Å²) in [7, 11) is 0. The molecule has 0 bridgehead atoms. The van der Waals surface area contributed by atoms with Crippen molar-refractivity contribution in [2.45, 2.75) is 38.1 Å². The average molecular weight is 240 g/mol. The molecule has 2 fully saturated rings. The Hall–Kier alpha value is -1.59. The summed E-state index contributed by atoms with van der Waals surface area (Å²) in [4.78, 5) is 35.3. The predicted molar refractivity (Wildman–Crippen MR) is 58.2 cm³/mol. The van der Waals surface area contributed by atoms with Crippen LogP contribution in [0.5, 0.6) is 0 Å². The third-order valence-electron chi connectivity index (χ3n) is 3.79. The summed E-state index contributed by atoms with van der Waals surface area (Å²) in [6.07, 6.45) is 3.42. The number of imide groups is 1. The molecule has 17 heavy (non-hydrogen) atoms.